The van der Waals surface area contributed by atoms with Crippen LogP contribution in [0.3, 0.4) is 0 Å². The van der Waals surface area contributed by atoms with E-state index in [2.05, 4.69) is 30.4 Å². The smallest absolute Gasteiger partial charge is 0.165 e. The zero-order chi connectivity index (χ0) is 24.4. The number of benzene rings is 2. The Balaban J connectivity index is 1.45. The number of hydrogen-bond acceptors (Lipinski definition) is 8. The van der Waals surface area contributed by atoms with E-state index in [1.807, 2.05) is 54.0 Å². The van der Waals surface area contributed by atoms with Crippen molar-refractivity contribution in [1.29, 1.82) is 0 Å². The molecule has 0 aliphatic rings. The van der Waals surface area contributed by atoms with Gasteiger partial charge in [-0.3, -0.25) is 0 Å². The highest BCUT2D eigenvalue weighted by molar-refractivity contribution is 6.36. The van der Waals surface area contributed by atoms with E-state index in [1.165, 1.54) is 12.5 Å². The zero-order valence-electron chi connectivity index (χ0n) is 19.1. The number of imidazole rings is 1. The van der Waals surface area contributed by atoms with Crippen LogP contribution in [-0.4, -0.2) is 43.0 Å². The van der Waals surface area contributed by atoms with Crippen LogP contribution in [0.25, 0.3) is 21.9 Å². The molecule has 0 bridgehead atoms. The SMILES string of the molecule is COc1ccc(Cn2cnc3c(N[C@@H](C)c4cc5cccc(Cl)c5c(/C=N/O)n4)ncnc32)cc1. The quantitative estimate of drug-likeness (QED) is 0.187. The molecule has 2 aromatic carbocycles. The fourth-order valence-electron chi connectivity index (χ4n) is 4.00. The molecule has 0 amide bonds. The molecule has 10 heteroatoms. The van der Waals surface area contributed by atoms with Crippen molar-refractivity contribution in [2.24, 2.45) is 5.16 Å². The molecule has 5 aromatic rings. The Morgan fingerprint density at radius 3 is 2.77 bits per heavy atom. The van der Waals surface area contributed by atoms with Crippen molar-refractivity contribution in [2.45, 2.75) is 19.5 Å². The molecule has 0 saturated heterocycles. The van der Waals surface area contributed by atoms with E-state index in [0.29, 0.717) is 28.6 Å². The molecule has 35 heavy (non-hydrogen) atoms. The Morgan fingerprint density at radius 1 is 1.17 bits per heavy atom. The van der Waals surface area contributed by atoms with Gasteiger partial charge in [0, 0.05) is 5.39 Å². The number of nitrogens with zero attached hydrogens (tertiary/aromatic N) is 6. The highest BCUT2D eigenvalue weighted by Gasteiger charge is 2.16. The van der Waals surface area contributed by atoms with Crippen molar-refractivity contribution < 1.29 is 9.94 Å². The Labute approximate surface area is 206 Å². The number of rotatable bonds is 7. The van der Waals surface area contributed by atoms with E-state index in [0.717, 1.165) is 33.4 Å². The lowest BCUT2D eigenvalue weighted by molar-refractivity contribution is 0.321. The Morgan fingerprint density at radius 2 is 2.00 bits per heavy atom. The van der Waals surface area contributed by atoms with Crippen LogP contribution in [0.1, 0.15) is 29.9 Å². The third-order valence-corrected chi connectivity index (χ3v) is 6.06. The van der Waals surface area contributed by atoms with E-state index >= 15 is 0 Å². The van der Waals surface area contributed by atoms with Crippen LogP contribution < -0.4 is 10.1 Å². The summed E-state index contributed by atoms with van der Waals surface area (Å²) in [5.74, 6) is 1.41. The number of ether oxygens (including phenoxy) is 1. The van der Waals surface area contributed by atoms with Crippen LogP contribution in [0, 0.1) is 0 Å². The van der Waals surface area contributed by atoms with Crippen LogP contribution in [-0.2, 0) is 6.54 Å². The van der Waals surface area contributed by atoms with Crippen LogP contribution in [0.4, 0.5) is 5.82 Å². The molecule has 0 aliphatic heterocycles. The predicted octanol–water partition coefficient (Wildman–Crippen LogP) is 5.07. The molecule has 3 heterocycles. The summed E-state index contributed by atoms with van der Waals surface area (Å²) in [5, 5.41) is 17.8. The number of nitrogens with one attached hydrogen (secondary N) is 1. The Kier molecular flexibility index (Phi) is 6.15. The second kappa shape index (κ2) is 9.55. The Bertz CT molecular complexity index is 1530. The molecule has 9 nitrogen and oxygen atoms in total. The first kappa shape index (κ1) is 22.5. The number of fused-ring (bicyclic) bond motifs is 2. The van der Waals surface area contributed by atoms with Gasteiger partial charge in [0.2, 0.25) is 0 Å². The first-order valence-electron chi connectivity index (χ1n) is 10.9. The minimum absolute atomic E-state index is 0.228. The summed E-state index contributed by atoms with van der Waals surface area (Å²) in [7, 11) is 1.65. The first-order chi connectivity index (χ1) is 17.1. The van der Waals surface area contributed by atoms with E-state index in [9.17, 15) is 0 Å². The molecule has 0 spiro atoms. The maximum atomic E-state index is 9.12. The van der Waals surface area contributed by atoms with Crippen molar-refractivity contribution in [3.05, 3.63) is 83.2 Å². The van der Waals surface area contributed by atoms with E-state index < -0.39 is 0 Å². The molecule has 0 unspecified atom stereocenters. The summed E-state index contributed by atoms with van der Waals surface area (Å²) < 4.78 is 7.21. The maximum absolute atomic E-state index is 9.12. The Hall–Kier alpha value is -4.24. The van der Waals surface area contributed by atoms with Gasteiger partial charge in [-0.25, -0.2) is 19.9 Å². The van der Waals surface area contributed by atoms with Crippen molar-refractivity contribution in [3.63, 3.8) is 0 Å². The number of anilines is 1. The minimum atomic E-state index is -0.228. The highest BCUT2D eigenvalue weighted by atomic mass is 35.5. The van der Waals surface area contributed by atoms with Crippen LogP contribution in [0.15, 0.2) is 66.3 Å². The largest absolute Gasteiger partial charge is 0.497 e. The summed E-state index contributed by atoms with van der Waals surface area (Å²) in [6, 6.07) is 15.2. The number of hydrogen-bond donors (Lipinski definition) is 2. The molecule has 0 saturated carbocycles. The molecular formula is C25H22ClN7O2. The molecule has 3 aromatic heterocycles. The lowest BCUT2D eigenvalue weighted by atomic mass is 10.1. The average molecular weight is 488 g/mol. The van der Waals surface area contributed by atoms with Crippen LogP contribution in [0.5, 0.6) is 5.75 Å². The average Bonchev–Trinajstić information content (AvgIpc) is 3.28. The number of methoxy groups -OCH3 is 1. The van der Waals surface area contributed by atoms with E-state index in [-0.39, 0.29) is 6.04 Å². The summed E-state index contributed by atoms with van der Waals surface area (Å²) in [6.45, 7) is 2.59. The molecule has 0 fully saturated rings. The molecule has 2 N–H and O–H groups in total. The van der Waals surface area contributed by atoms with E-state index in [4.69, 9.17) is 21.5 Å². The molecule has 0 radical (unpaired) electrons. The molecule has 176 valence electrons. The highest BCUT2D eigenvalue weighted by Crippen LogP contribution is 2.29. The van der Waals surface area contributed by atoms with Crippen molar-refractivity contribution in [2.75, 3.05) is 12.4 Å². The van der Waals surface area contributed by atoms with Gasteiger partial charge in [0.15, 0.2) is 11.5 Å². The van der Waals surface area contributed by atoms with Gasteiger partial charge in [0.25, 0.3) is 0 Å². The molecule has 1 atom stereocenters. The fourth-order valence-corrected chi connectivity index (χ4v) is 4.28. The zero-order valence-corrected chi connectivity index (χ0v) is 19.8. The van der Waals surface area contributed by atoms with Gasteiger partial charge in [-0.15, -0.1) is 0 Å². The summed E-state index contributed by atoms with van der Waals surface area (Å²) >= 11 is 6.37. The van der Waals surface area contributed by atoms with Gasteiger partial charge in [-0.05, 0) is 42.1 Å². The number of aromatic nitrogens is 5. The second-order valence-electron chi connectivity index (χ2n) is 8.00. The normalized spacial score (nSPS) is 12.4. The predicted molar refractivity (Wildman–Crippen MR) is 136 cm³/mol. The molecule has 0 aliphatic carbocycles. The third-order valence-electron chi connectivity index (χ3n) is 5.75. The number of halogens is 1. The van der Waals surface area contributed by atoms with E-state index in [1.54, 1.807) is 19.5 Å². The lowest BCUT2D eigenvalue weighted by Gasteiger charge is -2.16. The van der Waals surface area contributed by atoms with Crippen molar-refractivity contribution in [1.82, 2.24) is 24.5 Å². The van der Waals surface area contributed by atoms with Gasteiger partial charge in [-0.2, -0.15) is 0 Å². The minimum Gasteiger partial charge on any atom is -0.497 e. The number of oxime groups is 1. The van der Waals surface area contributed by atoms with Crippen molar-refractivity contribution in [3.8, 4) is 5.75 Å². The van der Waals surface area contributed by atoms with Crippen molar-refractivity contribution >= 4 is 45.6 Å². The van der Waals surface area contributed by atoms with Crippen LogP contribution in [0.2, 0.25) is 5.02 Å². The first-order valence-corrected chi connectivity index (χ1v) is 11.3. The summed E-state index contributed by atoms with van der Waals surface area (Å²) in [6.07, 6.45) is 4.56. The molecular weight excluding hydrogens is 466 g/mol. The van der Waals surface area contributed by atoms with Gasteiger partial charge in [0.1, 0.15) is 17.6 Å². The van der Waals surface area contributed by atoms with Gasteiger partial charge in [0.05, 0.1) is 48.6 Å². The van der Waals surface area contributed by atoms with Gasteiger partial charge in [-0.1, -0.05) is 41.0 Å². The standard InChI is InChI=1S/C25H22ClN7O2/c1-15(20-10-17-4-3-5-19(26)22(17)21(32-20)11-30-34)31-24-23-25(28-13-27-24)33(14-29-23)12-16-6-8-18(35-2)9-7-16/h3-11,13-15,34H,12H2,1-2H3,(H,27,28,31)/b30-11+/t15-/m0/s1. The number of pyridine rings is 1. The second-order valence-corrected chi connectivity index (χ2v) is 8.40. The maximum Gasteiger partial charge on any atom is 0.165 e. The molecule has 5 rings (SSSR count). The monoisotopic (exact) mass is 487 g/mol. The fraction of sp³-hybridized carbons (Fsp3) is 0.160. The summed E-state index contributed by atoms with van der Waals surface area (Å²) in [4.78, 5) is 18.1. The lowest BCUT2D eigenvalue weighted by Crippen LogP contribution is -2.12. The van der Waals surface area contributed by atoms with Gasteiger partial charge < -0.3 is 19.8 Å². The van der Waals surface area contributed by atoms with Crippen LogP contribution >= 0.6 is 11.6 Å². The van der Waals surface area contributed by atoms with Gasteiger partial charge >= 0.3 is 0 Å². The third kappa shape index (κ3) is 4.45. The summed E-state index contributed by atoms with van der Waals surface area (Å²) in [5.41, 5.74) is 3.70. The topological polar surface area (TPSA) is 110 Å².